The molecule has 0 aliphatic heterocycles. The van der Waals surface area contributed by atoms with E-state index < -0.39 is 16.6 Å². The van der Waals surface area contributed by atoms with Crippen LogP contribution in [0.15, 0.2) is 53.6 Å². The molecule has 1 atom stereocenters. The molecule has 1 aliphatic rings. The third-order valence-corrected chi connectivity index (χ3v) is 17.6. The molecule has 0 N–H and O–H groups in total. The lowest BCUT2D eigenvalue weighted by Gasteiger charge is -2.37. The first-order valence-electron chi connectivity index (χ1n) is 13.8. The summed E-state index contributed by atoms with van der Waals surface area (Å²) in [4.78, 5) is 0. The van der Waals surface area contributed by atoms with Gasteiger partial charge in [-0.2, -0.15) is 0 Å². The van der Waals surface area contributed by atoms with Crippen LogP contribution in [-0.4, -0.2) is 23.2 Å². The minimum atomic E-state index is -1.79. The smallest absolute Gasteiger partial charge is 0.192 e. The Morgan fingerprint density at radius 3 is 2.06 bits per heavy atom. The van der Waals surface area contributed by atoms with Crippen molar-refractivity contribution < 1.29 is 8.85 Å². The summed E-state index contributed by atoms with van der Waals surface area (Å²) in [7, 11) is -3.58. The Bertz CT molecular complexity index is 969. The number of benzene rings is 1. The quantitative estimate of drug-likeness (QED) is 0.223. The molecule has 0 fully saturated rings. The van der Waals surface area contributed by atoms with E-state index in [0.717, 1.165) is 6.42 Å². The van der Waals surface area contributed by atoms with Gasteiger partial charge in [-0.05, 0) is 47.7 Å². The van der Waals surface area contributed by atoms with Gasteiger partial charge in [0.15, 0.2) is 16.6 Å². The molecule has 36 heavy (non-hydrogen) atoms. The van der Waals surface area contributed by atoms with Crippen molar-refractivity contribution in [3.05, 3.63) is 71.2 Å². The van der Waals surface area contributed by atoms with Crippen LogP contribution in [0.2, 0.25) is 36.3 Å². The minimum absolute atomic E-state index is 0.214. The Morgan fingerprint density at radius 1 is 0.917 bits per heavy atom. The first kappa shape index (κ1) is 30.9. The molecule has 1 aliphatic carbocycles. The maximum absolute atomic E-state index is 6.55. The van der Waals surface area contributed by atoms with E-state index in [4.69, 9.17) is 8.85 Å². The van der Waals surface area contributed by atoms with Crippen LogP contribution in [0.4, 0.5) is 0 Å². The number of hydrogen-bond acceptors (Lipinski definition) is 2. The maximum atomic E-state index is 6.55. The molecule has 0 spiro atoms. The minimum Gasteiger partial charge on any atom is -0.414 e. The van der Waals surface area contributed by atoms with Gasteiger partial charge in [0.2, 0.25) is 0 Å². The summed E-state index contributed by atoms with van der Waals surface area (Å²) >= 11 is 0. The molecule has 0 radical (unpaired) electrons. The Kier molecular flexibility index (Phi) is 10.3. The Morgan fingerprint density at radius 2 is 1.50 bits per heavy atom. The molecule has 202 valence electrons. The van der Waals surface area contributed by atoms with E-state index in [0.29, 0.717) is 19.1 Å². The second kappa shape index (κ2) is 12.0. The van der Waals surface area contributed by atoms with Gasteiger partial charge < -0.3 is 8.85 Å². The lowest BCUT2D eigenvalue weighted by Crippen LogP contribution is -2.41. The summed E-state index contributed by atoms with van der Waals surface area (Å²) in [5.74, 6) is 0.624. The lowest BCUT2D eigenvalue weighted by molar-refractivity contribution is 0.276. The summed E-state index contributed by atoms with van der Waals surface area (Å²) in [6.07, 6.45) is 11.3. The molecule has 0 aromatic heterocycles. The van der Waals surface area contributed by atoms with Gasteiger partial charge >= 0.3 is 0 Å². The van der Waals surface area contributed by atoms with Crippen LogP contribution in [0.1, 0.15) is 79.4 Å². The zero-order chi connectivity index (χ0) is 27.4. The standard InChI is InChI=1S/C32H53O2Si2/c1-13-25(2)20-30(28-18-14-16-26(21-28)23-33-35(9,10)31(3,4)5)29-19-15-17-27(22-29)24-34-36(11,12)32(6,7)8/h14-19,21-22,25H,13,20,23-24H2,1-12H3/q-1/b30-28+. The van der Waals surface area contributed by atoms with Gasteiger partial charge in [-0.25, -0.2) is 0 Å². The van der Waals surface area contributed by atoms with Crippen LogP contribution in [0.25, 0.3) is 5.57 Å². The molecular formula is C32H53O2Si2-. The van der Waals surface area contributed by atoms with Crippen molar-refractivity contribution in [3.63, 3.8) is 0 Å². The van der Waals surface area contributed by atoms with Gasteiger partial charge in [0.05, 0.1) is 6.61 Å². The highest BCUT2D eigenvalue weighted by molar-refractivity contribution is 6.74. The fourth-order valence-corrected chi connectivity index (χ4v) is 5.47. The second-order valence-electron chi connectivity index (χ2n) is 13.7. The molecule has 1 aromatic rings. The van der Waals surface area contributed by atoms with Crippen LogP contribution in [-0.2, 0) is 15.5 Å². The molecule has 1 unspecified atom stereocenters. The zero-order valence-electron chi connectivity index (χ0n) is 25.3. The van der Waals surface area contributed by atoms with Crippen molar-refractivity contribution in [1.29, 1.82) is 0 Å². The highest BCUT2D eigenvalue weighted by Gasteiger charge is 2.37. The molecule has 1 aromatic carbocycles. The maximum Gasteiger partial charge on any atom is 0.192 e. The Hall–Kier alpha value is -1.34. The molecule has 0 heterocycles. The van der Waals surface area contributed by atoms with E-state index >= 15 is 0 Å². The summed E-state index contributed by atoms with van der Waals surface area (Å²) in [6, 6.07) is 9.03. The molecule has 0 bridgehead atoms. The number of rotatable bonds is 10. The summed E-state index contributed by atoms with van der Waals surface area (Å²) in [5.41, 5.74) is 6.57. The number of allylic oxidation sites excluding steroid dienone is 4. The van der Waals surface area contributed by atoms with E-state index in [1.807, 2.05) is 0 Å². The summed E-state index contributed by atoms with van der Waals surface area (Å²) < 4.78 is 13.1. The van der Waals surface area contributed by atoms with Crippen LogP contribution >= 0.6 is 0 Å². The van der Waals surface area contributed by atoms with Crippen LogP contribution in [0.5, 0.6) is 0 Å². The van der Waals surface area contributed by atoms with Crippen LogP contribution < -0.4 is 0 Å². The first-order chi connectivity index (χ1) is 16.5. The molecule has 2 nitrogen and oxygen atoms in total. The average molecular weight is 526 g/mol. The van der Waals surface area contributed by atoms with Crippen molar-refractivity contribution in [2.24, 2.45) is 5.92 Å². The van der Waals surface area contributed by atoms with E-state index in [1.165, 1.54) is 34.3 Å². The second-order valence-corrected chi connectivity index (χ2v) is 23.3. The molecular weight excluding hydrogens is 473 g/mol. The fourth-order valence-electron chi connectivity index (χ4n) is 3.55. The van der Waals surface area contributed by atoms with Crippen molar-refractivity contribution in [2.75, 3.05) is 6.61 Å². The third kappa shape index (κ3) is 8.34. The molecule has 2 rings (SSSR count). The average Bonchev–Trinajstić information content (AvgIpc) is 2.78. The molecule has 0 saturated heterocycles. The van der Waals surface area contributed by atoms with E-state index in [1.54, 1.807) is 0 Å². The predicted octanol–water partition coefficient (Wildman–Crippen LogP) is 10.1. The normalized spacial score (nSPS) is 17.5. The predicted molar refractivity (Wildman–Crippen MR) is 164 cm³/mol. The van der Waals surface area contributed by atoms with Gasteiger partial charge in [0.25, 0.3) is 0 Å². The van der Waals surface area contributed by atoms with Crippen LogP contribution in [0, 0.1) is 12.3 Å². The molecule has 4 heteroatoms. The topological polar surface area (TPSA) is 18.5 Å². The van der Waals surface area contributed by atoms with Crippen molar-refractivity contribution >= 4 is 22.2 Å². The van der Waals surface area contributed by atoms with E-state index in [-0.39, 0.29) is 10.1 Å². The fraction of sp³-hybridized carbons (Fsp3) is 0.594. The van der Waals surface area contributed by atoms with E-state index in [9.17, 15) is 0 Å². The SMILES string of the molecule is CCC(C)C/C(=C1\C=C(CO[Si](C)(C)C(C)(C)C)C=C[CH-]1)c1cccc(CO[Si](C)(C)C(C)(C)C)c1. The molecule has 0 saturated carbocycles. The third-order valence-electron chi connectivity index (χ3n) is 8.61. The van der Waals surface area contributed by atoms with Gasteiger partial charge in [0.1, 0.15) is 0 Å². The monoisotopic (exact) mass is 525 g/mol. The Balaban J connectivity index is 2.36. The largest absolute Gasteiger partial charge is 0.414 e. The highest BCUT2D eigenvalue weighted by atomic mass is 28.4. The van der Waals surface area contributed by atoms with Gasteiger partial charge in [-0.15, -0.1) is 41.4 Å². The number of hydrogen-bond donors (Lipinski definition) is 0. The molecule has 0 amide bonds. The van der Waals surface area contributed by atoms with Crippen molar-refractivity contribution in [3.8, 4) is 0 Å². The van der Waals surface area contributed by atoms with Gasteiger partial charge in [0, 0.05) is 6.61 Å². The lowest BCUT2D eigenvalue weighted by atomic mass is 9.86. The van der Waals surface area contributed by atoms with Gasteiger partial charge in [-0.3, -0.25) is 0 Å². The van der Waals surface area contributed by atoms with Crippen molar-refractivity contribution in [2.45, 2.75) is 111 Å². The van der Waals surface area contributed by atoms with Crippen LogP contribution in [0.3, 0.4) is 0 Å². The van der Waals surface area contributed by atoms with E-state index in [2.05, 4.69) is 130 Å². The van der Waals surface area contributed by atoms with Crippen molar-refractivity contribution in [1.82, 2.24) is 0 Å². The summed E-state index contributed by atoms with van der Waals surface area (Å²) in [6.45, 7) is 29.1. The van der Waals surface area contributed by atoms with Gasteiger partial charge in [-0.1, -0.05) is 98.1 Å². The first-order valence-corrected chi connectivity index (χ1v) is 19.6. The zero-order valence-corrected chi connectivity index (χ0v) is 27.3. The Labute approximate surface area is 225 Å². The highest BCUT2D eigenvalue weighted by Crippen LogP contribution is 2.39. The summed E-state index contributed by atoms with van der Waals surface area (Å²) in [5, 5.41) is 0.427.